The highest BCUT2D eigenvalue weighted by molar-refractivity contribution is 6.04. The lowest BCUT2D eigenvalue weighted by atomic mass is 9.98. The molecule has 0 unspecified atom stereocenters. The van der Waals surface area contributed by atoms with Gasteiger partial charge in [-0.2, -0.15) is 5.10 Å². The molecule has 0 bridgehead atoms. The molecule has 4 rings (SSSR count). The van der Waals surface area contributed by atoms with Crippen molar-refractivity contribution in [3.05, 3.63) is 70.4 Å². The van der Waals surface area contributed by atoms with E-state index in [0.29, 0.717) is 17.3 Å². The quantitative estimate of drug-likeness (QED) is 0.781. The fraction of sp³-hybridized carbons (Fsp3) is 0.263. The maximum Gasteiger partial charge on any atom is 0.275 e. The molecule has 3 heterocycles. The van der Waals surface area contributed by atoms with Gasteiger partial charge in [-0.1, -0.05) is 24.3 Å². The zero-order valence-corrected chi connectivity index (χ0v) is 13.7. The first-order valence-corrected chi connectivity index (χ1v) is 8.45. The normalized spacial score (nSPS) is 17.6. The Labute approximate surface area is 144 Å². The second-order valence-electron chi connectivity index (χ2n) is 6.21. The van der Waals surface area contributed by atoms with E-state index in [1.54, 1.807) is 24.4 Å². The van der Waals surface area contributed by atoms with Gasteiger partial charge in [0.25, 0.3) is 11.5 Å². The van der Waals surface area contributed by atoms with Gasteiger partial charge in [0, 0.05) is 18.1 Å². The first kappa shape index (κ1) is 15.5. The fourth-order valence-electron chi connectivity index (χ4n) is 3.47. The number of benzene rings is 1. The van der Waals surface area contributed by atoms with Crippen LogP contribution in [0, 0.1) is 0 Å². The van der Waals surface area contributed by atoms with E-state index in [-0.39, 0.29) is 23.2 Å². The Morgan fingerprint density at radius 3 is 2.68 bits per heavy atom. The highest BCUT2D eigenvalue weighted by Crippen LogP contribution is 2.31. The number of amides is 1. The number of piperidine rings is 1. The van der Waals surface area contributed by atoms with Crippen molar-refractivity contribution in [2.24, 2.45) is 0 Å². The molecule has 1 saturated heterocycles. The number of likely N-dealkylation sites (tertiary alicyclic amines) is 1. The van der Waals surface area contributed by atoms with Gasteiger partial charge in [0.05, 0.1) is 17.1 Å². The molecule has 6 heteroatoms. The van der Waals surface area contributed by atoms with Gasteiger partial charge in [0.2, 0.25) is 0 Å². The Morgan fingerprint density at radius 1 is 1.08 bits per heavy atom. The van der Waals surface area contributed by atoms with Gasteiger partial charge >= 0.3 is 0 Å². The number of nitrogens with one attached hydrogen (secondary N) is 1. The molecule has 1 aliphatic heterocycles. The van der Waals surface area contributed by atoms with Crippen molar-refractivity contribution in [1.82, 2.24) is 20.1 Å². The molecule has 1 atom stereocenters. The number of pyridine rings is 1. The highest BCUT2D eigenvalue weighted by Gasteiger charge is 2.31. The van der Waals surface area contributed by atoms with Gasteiger partial charge in [0.15, 0.2) is 5.69 Å². The van der Waals surface area contributed by atoms with Crippen molar-refractivity contribution in [3.63, 3.8) is 0 Å². The van der Waals surface area contributed by atoms with Crippen LogP contribution in [0.25, 0.3) is 10.8 Å². The molecule has 0 spiro atoms. The standard InChI is InChI=1S/C19H18N4O2/c24-18-14-8-2-1-7-13(14)17(21-22-18)19(25)23-12-6-4-10-16(23)15-9-3-5-11-20-15/h1-3,5,7-9,11,16H,4,6,10,12H2,(H,22,24)/t16-/m1/s1. The smallest absolute Gasteiger partial charge is 0.275 e. The number of hydrogen-bond donors (Lipinski definition) is 1. The third-order valence-electron chi connectivity index (χ3n) is 4.69. The molecule has 1 fully saturated rings. The van der Waals surface area contributed by atoms with Crippen LogP contribution in [-0.4, -0.2) is 32.5 Å². The number of aromatic amines is 1. The maximum absolute atomic E-state index is 13.2. The van der Waals surface area contributed by atoms with Gasteiger partial charge in [-0.3, -0.25) is 14.6 Å². The molecule has 126 valence electrons. The molecule has 1 amide bonds. The number of carbonyl (C=O) groups excluding carboxylic acids is 1. The second-order valence-corrected chi connectivity index (χ2v) is 6.21. The van der Waals surface area contributed by atoms with Crippen molar-refractivity contribution >= 4 is 16.7 Å². The Kier molecular flexibility index (Phi) is 4.01. The summed E-state index contributed by atoms with van der Waals surface area (Å²) in [5, 5.41) is 7.57. The Bertz CT molecular complexity index is 968. The summed E-state index contributed by atoms with van der Waals surface area (Å²) in [6.07, 6.45) is 4.64. The van der Waals surface area contributed by atoms with Crippen LogP contribution in [0.5, 0.6) is 0 Å². The van der Waals surface area contributed by atoms with Crippen LogP contribution in [0.4, 0.5) is 0 Å². The number of carbonyl (C=O) groups is 1. The average molecular weight is 334 g/mol. The van der Waals surface area contributed by atoms with Gasteiger partial charge < -0.3 is 4.90 Å². The van der Waals surface area contributed by atoms with Crippen LogP contribution in [0.1, 0.15) is 41.5 Å². The second kappa shape index (κ2) is 6.47. The Morgan fingerprint density at radius 2 is 1.88 bits per heavy atom. The molecule has 0 radical (unpaired) electrons. The lowest BCUT2D eigenvalue weighted by molar-refractivity contribution is 0.0601. The zero-order valence-electron chi connectivity index (χ0n) is 13.7. The number of H-pyrrole nitrogens is 1. The van der Waals surface area contributed by atoms with Gasteiger partial charge in [-0.15, -0.1) is 0 Å². The minimum absolute atomic E-state index is 0.0602. The topological polar surface area (TPSA) is 79.0 Å². The molecular weight excluding hydrogens is 316 g/mol. The SMILES string of the molecule is O=C(c1n[nH]c(=O)c2ccccc12)N1CCCC[C@@H]1c1ccccn1. The third-order valence-corrected chi connectivity index (χ3v) is 4.69. The zero-order chi connectivity index (χ0) is 17.2. The van der Waals surface area contributed by atoms with Gasteiger partial charge in [0.1, 0.15) is 0 Å². The summed E-state index contributed by atoms with van der Waals surface area (Å²) in [6, 6.07) is 12.8. The number of aromatic nitrogens is 3. The molecular formula is C19H18N4O2. The average Bonchev–Trinajstić information content (AvgIpc) is 2.69. The first-order chi connectivity index (χ1) is 12.3. The van der Waals surface area contributed by atoms with Crippen molar-refractivity contribution in [2.45, 2.75) is 25.3 Å². The molecule has 0 aliphatic carbocycles. The predicted octanol–water partition coefficient (Wildman–Crippen LogP) is 2.69. The minimum Gasteiger partial charge on any atom is -0.329 e. The van der Waals surface area contributed by atoms with Gasteiger partial charge in [-0.05, 0) is 37.5 Å². The van der Waals surface area contributed by atoms with Crippen molar-refractivity contribution in [1.29, 1.82) is 0 Å². The van der Waals surface area contributed by atoms with Crippen LogP contribution in [0.3, 0.4) is 0 Å². The molecule has 1 N–H and O–H groups in total. The minimum atomic E-state index is -0.285. The van der Waals surface area contributed by atoms with Crippen LogP contribution in [0.2, 0.25) is 0 Å². The summed E-state index contributed by atoms with van der Waals surface area (Å²) in [4.78, 5) is 31.5. The van der Waals surface area contributed by atoms with Crippen molar-refractivity contribution in [3.8, 4) is 0 Å². The molecule has 2 aromatic heterocycles. The molecule has 1 aliphatic rings. The maximum atomic E-state index is 13.2. The van der Waals surface area contributed by atoms with Crippen molar-refractivity contribution < 1.29 is 4.79 Å². The molecule has 25 heavy (non-hydrogen) atoms. The summed E-state index contributed by atoms with van der Waals surface area (Å²) in [5.41, 5.74) is 0.898. The van der Waals surface area contributed by atoms with E-state index in [0.717, 1.165) is 25.0 Å². The number of nitrogens with zero attached hydrogens (tertiary/aromatic N) is 3. The van der Waals surface area contributed by atoms with Crippen LogP contribution in [0.15, 0.2) is 53.5 Å². The Hall–Kier alpha value is -3.02. The first-order valence-electron chi connectivity index (χ1n) is 8.45. The number of rotatable bonds is 2. The molecule has 6 nitrogen and oxygen atoms in total. The Balaban J connectivity index is 1.77. The van der Waals surface area contributed by atoms with E-state index >= 15 is 0 Å². The van der Waals surface area contributed by atoms with E-state index in [1.165, 1.54) is 0 Å². The summed E-state index contributed by atoms with van der Waals surface area (Å²) in [7, 11) is 0. The van der Waals surface area contributed by atoms with E-state index in [2.05, 4.69) is 15.2 Å². The van der Waals surface area contributed by atoms with Crippen LogP contribution in [-0.2, 0) is 0 Å². The summed E-state index contributed by atoms with van der Waals surface area (Å²) >= 11 is 0. The van der Waals surface area contributed by atoms with E-state index in [9.17, 15) is 9.59 Å². The third kappa shape index (κ3) is 2.80. The van der Waals surface area contributed by atoms with Crippen molar-refractivity contribution in [2.75, 3.05) is 6.54 Å². The van der Waals surface area contributed by atoms with Crippen LogP contribution >= 0.6 is 0 Å². The molecule has 1 aromatic carbocycles. The lowest BCUT2D eigenvalue weighted by Crippen LogP contribution is -2.39. The molecule has 3 aromatic rings. The predicted molar refractivity (Wildman–Crippen MR) is 94.2 cm³/mol. The van der Waals surface area contributed by atoms with E-state index < -0.39 is 0 Å². The van der Waals surface area contributed by atoms with Crippen LogP contribution < -0.4 is 5.56 Å². The monoisotopic (exact) mass is 334 g/mol. The summed E-state index contributed by atoms with van der Waals surface area (Å²) < 4.78 is 0. The highest BCUT2D eigenvalue weighted by atomic mass is 16.2. The lowest BCUT2D eigenvalue weighted by Gasteiger charge is -2.35. The van der Waals surface area contributed by atoms with E-state index in [1.807, 2.05) is 29.2 Å². The number of fused-ring (bicyclic) bond motifs is 1. The fourth-order valence-corrected chi connectivity index (χ4v) is 3.47. The van der Waals surface area contributed by atoms with Gasteiger partial charge in [-0.25, -0.2) is 5.10 Å². The largest absolute Gasteiger partial charge is 0.329 e. The van der Waals surface area contributed by atoms with E-state index in [4.69, 9.17) is 0 Å². The number of hydrogen-bond acceptors (Lipinski definition) is 4. The summed E-state index contributed by atoms with van der Waals surface area (Å²) in [5.74, 6) is -0.164. The summed E-state index contributed by atoms with van der Waals surface area (Å²) in [6.45, 7) is 0.662. The molecule has 0 saturated carbocycles.